The molecule has 1 fully saturated rings. The summed E-state index contributed by atoms with van der Waals surface area (Å²) in [5.41, 5.74) is 1.30. The molecule has 2 atom stereocenters. The van der Waals surface area contributed by atoms with E-state index in [1.165, 1.54) is 11.1 Å². The van der Waals surface area contributed by atoms with Crippen LogP contribution in [0.15, 0.2) is 12.7 Å². The van der Waals surface area contributed by atoms with Gasteiger partial charge in [-0.25, -0.2) is 15.0 Å². The van der Waals surface area contributed by atoms with Crippen LogP contribution in [0.25, 0.3) is 11.2 Å². The van der Waals surface area contributed by atoms with Crippen LogP contribution in [0.5, 0.6) is 0 Å². The van der Waals surface area contributed by atoms with E-state index in [9.17, 15) is 0 Å². The van der Waals surface area contributed by atoms with Crippen molar-refractivity contribution in [3.05, 3.63) is 12.7 Å². The second-order valence-electron chi connectivity index (χ2n) is 5.01. The smallest absolute Gasteiger partial charge is 0.225 e. The third kappa shape index (κ3) is 2.64. The third-order valence-corrected chi connectivity index (χ3v) is 3.62. The molecule has 114 valence electrons. The van der Waals surface area contributed by atoms with Crippen LogP contribution in [0.1, 0.15) is 19.8 Å². The van der Waals surface area contributed by atoms with E-state index in [2.05, 4.69) is 15.0 Å². The number of aliphatic hydroxyl groups is 1. The fourth-order valence-corrected chi connectivity index (χ4v) is 2.32. The fourth-order valence-electron chi connectivity index (χ4n) is 2.32. The highest BCUT2D eigenvalue weighted by Gasteiger charge is 2.27. The van der Waals surface area contributed by atoms with E-state index < -0.39 is 0 Å². The Kier molecular flexibility index (Phi) is 3.89. The van der Waals surface area contributed by atoms with Gasteiger partial charge < -0.3 is 19.6 Å². The lowest BCUT2D eigenvalue weighted by Gasteiger charge is -2.16. The minimum Gasteiger partial charge on any atom is -0.394 e. The molecule has 21 heavy (non-hydrogen) atoms. The fraction of sp³-hybridized carbons (Fsp3) is 0.615. The van der Waals surface area contributed by atoms with Gasteiger partial charge >= 0.3 is 0 Å². The molecule has 2 aromatic heterocycles. The molecule has 8 nitrogen and oxygen atoms in total. The van der Waals surface area contributed by atoms with Crippen molar-refractivity contribution in [3.8, 4) is 0 Å². The topological polar surface area (TPSA) is 85.5 Å². The molecule has 1 N–H and O–H groups in total. The average Bonchev–Trinajstić information content (AvgIpc) is 3.14. The number of rotatable bonds is 5. The van der Waals surface area contributed by atoms with Gasteiger partial charge in [0.2, 0.25) is 11.9 Å². The molecular weight excluding hydrogens is 274 g/mol. The van der Waals surface area contributed by atoms with Crippen LogP contribution in [0.4, 0.5) is 5.82 Å². The number of fused-ring (bicyclic) bond motifs is 1. The van der Waals surface area contributed by atoms with Gasteiger partial charge in [0.05, 0.1) is 12.7 Å². The normalized spacial score (nSPS) is 21.9. The minimum absolute atomic E-state index is 0.0121. The first-order valence-corrected chi connectivity index (χ1v) is 7.05. The number of hydrogen-bond donors (Lipinski definition) is 1. The van der Waals surface area contributed by atoms with Gasteiger partial charge in [-0.3, -0.25) is 0 Å². The SMILES string of the molecule is CCN(C)c1ncnc2c1ncn2O[C@@H]1CC[C@@H](CO)O1. The van der Waals surface area contributed by atoms with Crippen LogP contribution in [-0.4, -0.2) is 57.4 Å². The monoisotopic (exact) mass is 293 g/mol. The predicted molar refractivity (Wildman–Crippen MR) is 75.8 cm³/mol. The highest BCUT2D eigenvalue weighted by molar-refractivity contribution is 5.82. The van der Waals surface area contributed by atoms with Crippen LogP contribution in [0, 0.1) is 0 Å². The molecule has 3 heterocycles. The number of hydrogen-bond acceptors (Lipinski definition) is 7. The van der Waals surface area contributed by atoms with Crippen molar-refractivity contribution in [3.63, 3.8) is 0 Å². The Morgan fingerprint density at radius 1 is 1.43 bits per heavy atom. The van der Waals surface area contributed by atoms with Gasteiger partial charge in [0.25, 0.3) is 0 Å². The molecule has 0 bridgehead atoms. The Balaban J connectivity index is 1.84. The Morgan fingerprint density at radius 2 is 2.29 bits per heavy atom. The molecule has 0 aromatic carbocycles. The third-order valence-electron chi connectivity index (χ3n) is 3.62. The molecule has 1 saturated heterocycles. The molecule has 1 aliphatic heterocycles. The zero-order chi connectivity index (χ0) is 14.8. The molecule has 2 aromatic rings. The van der Waals surface area contributed by atoms with Crippen LogP contribution in [-0.2, 0) is 4.74 Å². The summed E-state index contributed by atoms with van der Waals surface area (Å²) in [7, 11) is 1.95. The van der Waals surface area contributed by atoms with Crippen molar-refractivity contribution >= 4 is 17.0 Å². The first-order chi connectivity index (χ1) is 10.2. The quantitative estimate of drug-likeness (QED) is 0.843. The zero-order valence-corrected chi connectivity index (χ0v) is 12.1. The standard InChI is InChI=1S/C13H19N5O3/c1-3-17(2)12-11-13(15-7-14-12)18(8-16-11)21-10-5-4-9(6-19)20-10/h7-10,19H,3-6H2,1-2H3/t9-,10+/m0/s1. The highest BCUT2D eigenvalue weighted by Crippen LogP contribution is 2.22. The largest absolute Gasteiger partial charge is 0.394 e. The summed E-state index contributed by atoms with van der Waals surface area (Å²) in [4.78, 5) is 20.6. The van der Waals surface area contributed by atoms with E-state index in [0.717, 1.165) is 25.2 Å². The molecule has 0 saturated carbocycles. The predicted octanol–water partition coefficient (Wildman–Crippen LogP) is 0.208. The van der Waals surface area contributed by atoms with Gasteiger partial charge in [-0.15, -0.1) is 4.73 Å². The summed E-state index contributed by atoms with van der Waals surface area (Å²) in [6, 6.07) is 0. The molecule has 1 aliphatic rings. The molecule has 0 aliphatic carbocycles. The number of ether oxygens (including phenoxy) is 1. The van der Waals surface area contributed by atoms with E-state index >= 15 is 0 Å². The number of aromatic nitrogens is 4. The number of imidazole rings is 1. The molecule has 8 heteroatoms. The maximum atomic E-state index is 9.08. The Labute approximate surface area is 122 Å². The summed E-state index contributed by atoms with van der Waals surface area (Å²) >= 11 is 0. The van der Waals surface area contributed by atoms with Crippen molar-refractivity contribution in [1.82, 2.24) is 19.7 Å². The van der Waals surface area contributed by atoms with E-state index in [1.807, 2.05) is 18.9 Å². The van der Waals surface area contributed by atoms with E-state index in [4.69, 9.17) is 14.7 Å². The number of aliphatic hydroxyl groups excluding tert-OH is 1. The highest BCUT2D eigenvalue weighted by atomic mass is 16.8. The van der Waals surface area contributed by atoms with E-state index in [0.29, 0.717) is 11.2 Å². The molecule has 0 spiro atoms. The van der Waals surface area contributed by atoms with Crippen molar-refractivity contribution in [2.24, 2.45) is 0 Å². The molecular formula is C13H19N5O3. The number of anilines is 1. The Morgan fingerprint density at radius 3 is 3.00 bits per heavy atom. The maximum absolute atomic E-state index is 9.08. The summed E-state index contributed by atoms with van der Waals surface area (Å²) in [5.74, 6) is 0.769. The zero-order valence-electron chi connectivity index (χ0n) is 12.1. The van der Waals surface area contributed by atoms with Crippen LogP contribution >= 0.6 is 0 Å². The van der Waals surface area contributed by atoms with Gasteiger partial charge in [0.1, 0.15) is 12.7 Å². The van der Waals surface area contributed by atoms with Crippen molar-refractivity contribution in [2.45, 2.75) is 32.2 Å². The lowest BCUT2D eigenvalue weighted by atomic mass is 10.2. The molecule has 0 unspecified atom stereocenters. The van der Waals surface area contributed by atoms with Crippen molar-refractivity contribution in [1.29, 1.82) is 0 Å². The van der Waals surface area contributed by atoms with Gasteiger partial charge in [-0.1, -0.05) is 0 Å². The lowest BCUT2D eigenvalue weighted by Crippen LogP contribution is -2.26. The summed E-state index contributed by atoms with van der Waals surface area (Å²) in [6.07, 6.45) is 4.05. The van der Waals surface area contributed by atoms with Crippen molar-refractivity contribution in [2.75, 3.05) is 25.1 Å². The van der Waals surface area contributed by atoms with E-state index in [-0.39, 0.29) is 19.0 Å². The average molecular weight is 293 g/mol. The van der Waals surface area contributed by atoms with Crippen LogP contribution in [0.3, 0.4) is 0 Å². The van der Waals surface area contributed by atoms with Gasteiger partial charge in [0, 0.05) is 20.0 Å². The molecule has 0 amide bonds. The Hall–Kier alpha value is -1.93. The minimum atomic E-state index is -0.387. The summed E-state index contributed by atoms with van der Waals surface area (Å²) < 4.78 is 7.07. The van der Waals surface area contributed by atoms with Crippen LogP contribution in [0.2, 0.25) is 0 Å². The van der Waals surface area contributed by atoms with Gasteiger partial charge in [-0.2, -0.15) is 0 Å². The first kappa shape index (κ1) is 14.0. The van der Waals surface area contributed by atoms with Gasteiger partial charge in [-0.05, 0) is 13.3 Å². The summed E-state index contributed by atoms with van der Waals surface area (Å²) in [6.45, 7) is 2.88. The lowest BCUT2D eigenvalue weighted by molar-refractivity contribution is -0.140. The molecule has 3 rings (SSSR count). The van der Waals surface area contributed by atoms with Crippen LogP contribution < -0.4 is 9.74 Å². The second-order valence-corrected chi connectivity index (χ2v) is 5.01. The van der Waals surface area contributed by atoms with Crippen molar-refractivity contribution < 1.29 is 14.7 Å². The molecule has 0 radical (unpaired) electrons. The number of nitrogens with zero attached hydrogens (tertiary/aromatic N) is 5. The maximum Gasteiger partial charge on any atom is 0.225 e. The second kappa shape index (κ2) is 5.82. The first-order valence-electron chi connectivity index (χ1n) is 7.05. The van der Waals surface area contributed by atoms with Gasteiger partial charge in [0.15, 0.2) is 11.3 Å². The Bertz CT molecular complexity index is 617. The van der Waals surface area contributed by atoms with E-state index in [1.54, 1.807) is 6.33 Å². The summed E-state index contributed by atoms with van der Waals surface area (Å²) in [5, 5.41) is 9.08.